The van der Waals surface area contributed by atoms with E-state index in [-0.39, 0.29) is 0 Å². The summed E-state index contributed by atoms with van der Waals surface area (Å²) in [5.41, 5.74) is 0. The molecule has 1 heterocycles. The molecule has 1 aliphatic heterocycles. The number of piperazine rings is 1. The van der Waals surface area contributed by atoms with Crippen LogP contribution in [0.3, 0.4) is 0 Å². The van der Waals surface area contributed by atoms with Gasteiger partial charge in [-0.25, -0.2) is 0 Å². The standard InChI is InChI=1S/C16H28N2/c1-2-4-14(5-3-1)18-11-15(12-6-7-12)17-10-16(18)13-8-9-13/h12-17H,1-11H2. The van der Waals surface area contributed by atoms with Crippen molar-refractivity contribution in [2.75, 3.05) is 13.1 Å². The van der Waals surface area contributed by atoms with Crippen molar-refractivity contribution in [3.8, 4) is 0 Å². The second kappa shape index (κ2) is 4.79. The molecule has 102 valence electrons. The zero-order valence-electron chi connectivity index (χ0n) is 11.6. The van der Waals surface area contributed by atoms with Gasteiger partial charge in [0.1, 0.15) is 0 Å². The van der Waals surface area contributed by atoms with Crippen LogP contribution >= 0.6 is 0 Å². The molecule has 4 fully saturated rings. The van der Waals surface area contributed by atoms with Crippen LogP contribution in [0.15, 0.2) is 0 Å². The van der Waals surface area contributed by atoms with Crippen molar-refractivity contribution in [2.45, 2.75) is 75.9 Å². The summed E-state index contributed by atoms with van der Waals surface area (Å²) < 4.78 is 0. The van der Waals surface area contributed by atoms with Gasteiger partial charge in [-0.3, -0.25) is 4.90 Å². The maximum absolute atomic E-state index is 3.88. The van der Waals surface area contributed by atoms with Gasteiger partial charge in [-0.1, -0.05) is 19.3 Å². The first-order valence-corrected chi connectivity index (χ1v) is 8.41. The molecule has 0 aromatic heterocycles. The molecular formula is C16H28N2. The van der Waals surface area contributed by atoms with Crippen LogP contribution in [0.4, 0.5) is 0 Å². The van der Waals surface area contributed by atoms with Crippen molar-refractivity contribution in [3.05, 3.63) is 0 Å². The SMILES string of the molecule is C1CCC(N2CC(C3CC3)NCC2C2CC2)CC1. The third kappa shape index (κ3) is 2.34. The predicted octanol–water partition coefficient (Wildman–Crippen LogP) is 2.78. The van der Waals surface area contributed by atoms with Crippen molar-refractivity contribution in [1.82, 2.24) is 10.2 Å². The first-order chi connectivity index (χ1) is 8.92. The first-order valence-electron chi connectivity index (χ1n) is 8.41. The van der Waals surface area contributed by atoms with E-state index in [0.29, 0.717) is 0 Å². The van der Waals surface area contributed by atoms with Gasteiger partial charge < -0.3 is 5.32 Å². The van der Waals surface area contributed by atoms with Crippen molar-refractivity contribution >= 4 is 0 Å². The van der Waals surface area contributed by atoms with Gasteiger partial charge in [0.2, 0.25) is 0 Å². The van der Waals surface area contributed by atoms with Crippen molar-refractivity contribution < 1.29 is 0 Å². The fourth-order valence-electron chi connectivity index (χ4n) is 4.38. The Bertz CT molecular complexity index is 289. The van der Waals surface area contributed by atoms with Crippen LogP contribution in [0, 0.1) is 11.8 Å². The van der Waals surface area contributed by atoms with E-state index in [1.807, 2.05) is 0 Å². The van der Waals surface area contributed by atoms with Gasteiger partial charge in [-0.15, -0.1) is 0 Å². The third-order valence-corrected chi connectivity index (χ3v) is 5.82. The molecule has 0 amide bonds. The summed E-state index contributed by atoms with van der Waals surface area (Å²) in [7, 11) is 0. The van der Waals surface area contributed by atoms with Crippen molar-refractivity contribution in [1.29, 1.82) is 0 Å². The maximum Gasteiger partial charge on any atom is 0.0252 e. The zero-order chi connectivity index (χ0) is 11.9. The second-order valence-corrected chi connectivity index (χ2v) is 7.25. The van der Waals surface area contributed by atoms with Crippen molar-refractivity contribution in [3.63, 3.8) is 0 Å². The molecule has 0 bridgehead atoms. The number of rotatable bonds is 3. The van der Waals surface area contributed by atoms with Crippen LogP contribution in [0.1, 0.15) is 57.8 Å². The highest BCUT2D eigenvalue weighted by molar-refractivity contribution is 5.01. The predicted molar refractivity (Wildman–Crippen MR) is 74.6 cm³/mol. The Labute approximate surface area is 111 Å². The average molecular weight is 248 g/mol. The number of nitrogens with zero attached hydrogens (tertiary/aromatic N) is 1. The van der Waals surface area contributed by atoms with Crippen LogP contribution in [-0.4, -0.2) is 36.1 Å². The quantitative estimate of drug-likeness (QED) is 0.826. The molecule has 2 unspecified atom stereocenters. The monoisotopic (exact) mass is 248 g/mol. The molecule has 0 aromatic rings. The lowest BCUT2D eigenvalue weighted by Gasteiger charge is -2.46. The molecule has 0 spiro atoms. The van der Waals surface area contributed by atoms with Gasteiger partial charge in [-0.05, 0) is 50.4 Å². The minimum atomic E-state index is 0.835. The Morgan fingerprint density at radius 2 is 1.50 bits per heavy atom. The van der Waals surface area contributed by atoms with Gasteiger partial charge in [0.05, 0.1) is 0 Å². The molecule has 2 heteroatoms. The molecule has 0 radical (unpaired) electrons. The zero-order valence-corrected chi connectivity index (χ0v) is 11.6. The molecule has 0 aromatic carbocycles. The van der Waals surface area contributed by atoms with E-state index in [4.69, 9.17) is 0 Å². The van der Waals surface area contributed by atoms with Crippen LogP contribution in [0.2, 0.25) is 0 Å². The maximum atomic E-state index is 3.88. The van der Waals surface area contributed by atoms with E-state index >= 15 is 0 Å². The van der Waals surface area contributed by atoms with Crippen LogP contribution in [0.5, 0.6) is 0 Å². The Morgan fingerprint density at radius 1 is 0.778 bits per heavy atom. The topological polar surface area (TPSA) is 15.3 Å². The number of nitrogens with one attached hydrogen (secondary N) is 1. The van der Waals surface area contributed by atoms with Gasteiger partial charge >= 0.3 is 0 Å². The summed E-state index contributed by atoms with van der Waals surface area (Å²) in [4.78, 5) is 2.97. The molecule has 1 saturated heterocycles. The molecule has 1 N–H and O–H groups in total. The molecular weight excluding hydrogens is 220 g/mol. The smallest absolute Gasteiger partial charge is 0.0252 e. The van der Waals surface area contributed by atoms with Crippen LogP contribution < -0.4 is 5.32 Å². The lowest BCUT2D eigenvalue weighted by molar-refractivity contribution is 0.0464. The van der Waals surface area contributed by atoms with E-state index in [0.717, 1.165) is 30.0 Å². The fraction of sp³-hybridized carbons (Fsp3) is 1.00. The normalized spacial score (nSPS) is 40.0. The van der Waals surface area contributed by atoms with E-state index in [1.54, 1.807) is 0 Å². The number of hydrogen-bond donors (Lipinski definition) is 1. The minimum Gasteiger partial charge on any atom is -0.311 e. The molecule has 18 heavy (non-hydrogen) atoms. The van der Waals surface area contributed by atoms with E-state index < -0.39 is 0 Å². The summed E-state index contributed by atoms with van der Waals surface area (Å²) >= 11 is 0. The van der Waals surface area contributed by atoms with E-state index in [2.05, 4.69) is 10.2 Å². The highest BCUT2D eigenvalue weighted by Crippen LogP contribution is 2.41. The lowest BCUT2D eigenvalue weighted by atomic mass is 9.90. The van der Waals surface area contributed by atoms with Crippen LogP contribution in [-0.2, 0) is 0 Å². The summed E-state index contributed by atoms with van der Waals surface area (Å²) in [6.45, 7) is 2.67. The summed E-state index contributed by atoms with van der Waals surface area (Å²) in [5, 5.41) is 3.88. The van der Waals surface area contributed by atoms with E-state index in [9.17, 15) is 0 Å². The fourth-order valence-corrected chi connectivity index (χ4v) is 4.38. The Morgan fingerprint density at radius 3 is 2.17 bits per heavy atom. The molecule has 3 saturated carbocycles. The van der Waals surface area contributed by atoms with Gasteiger partial charge in [0.15, 0.2) is 0 Å². The highest BCUT2D eigenvalue weighted by Gasteiger charge is 2.44. The Kier molecular flexibility index (Phi) is 3.12. The summed E-state index contributed by atoms with van der Waals surface area (Å²) in [6.07, 6.45) is 13.4. The molecule has 3 aliphatic carbocycles. The Balaban J connectivity index is 1.46. The van der Waals surface area contributed by atoms with Gasteiger partial charge in [-0.2, -0.15) is 0 Å². The largest absolute Gasteiger partial charge is 0.311 e. The molecule has 2 atom stereocenters. The van der Waals surface area contributed by atoms with Crippen molar-refractivity contribution in [2.24, 2.45) is 11.8 Å². The second-order valence-electron chi connectivity index (χ2n) is 7.25. The van der Waals surface area contributed by atoms with Gasteiger partial charge in [0.25, 0.3) is 0 Å². The summed E-state index contributed by atoms with van der Waals surface area (Å²) in [6, 6.07) is 2.66. The Hall–Kier alpha value is -0.0800. The van der Waals surface area contributed by atoms with E-state index in [1.165, 1.54) is 70.9 Å². The average Bonchev–Trinajstić information content (AvgIpc) is 3.32. The highest BCUT2D eigenvalue weighted by atomic mass is 15.3. The van der Waals surface area contributed by atoms with Crippen LogP contribution in [0.25, 0.3) is 0 Å². The molecule has 4 aliphatic rings. The molecule has 2 nitrogen and oxygen atoms in total. The molecule has 4 rings (SSSR count). The first kappa shape index (κ1) is 11.7. The third-order valence-electron chi connectivity index (χ3n) is 5.82. The van der Waals surface area contributed by atoms with Gasteiger partial charge in [0, 0.05) is 31.2 Å². The minimum absolute atomic E-state index is 0.835. The summed E-state index contributed by atoms with van der Waals surface area (Å²) in [5.74, 6) is 2.07. The number of hydrogen-bond acceptors (Lipinski definition) is 2. The lowest BCUT2D eigenvalue weighted by Crippen LogP contribution is -2.61.